The van der Waals surface area contributed by atoms with Crippen LogP contribution in [-0.2, 0) is 95.2 Å². The highest BCUT2D eigenvalue weighted by Crippen LogP contribution is 2.76. The van der Waals surface area contributed by atoms with Gasteiger partial charge in [-0.15, -0.1) is 0 Å². The molecule has 6 fully saturated rings. The van der Waals surface area contributed by atoms with E-state index in [2.05, 4.69) is 47.6 Å². The zero-order chi connectivity index (χ0) is 56.2. The van der Waals surface area contributed by atoms with Crippen LogP contribution in [0, 0.1) is 56.7 Å². The summed E-state index contributed by atoms with van der Waals surface area (Å²) in [5, 5.41) is 0. The van der Waals surface area contributed by atoms with Crippen LogP contribution in [0.3, 0.4) is 0 Å². The summed E-state index contributed by atoms with van der Waals surface area (Å²) < 4.78 is 72.1. The molecular formula is C56H82O20. The molecule has 7 rings (SSSR count). The van der Waals surface area contributed by atoms with Gasteiger partial charge in [-0.25, -0.2) is 0 Å². The lowest BCUT2D eigenvalue weighted by molar-refractivity contribution is -0.367. The lowest BCUT2D eigenvalue weighted by Crippen LogP contribution is -2.69. The number of hydrogen-bond acceptors (Lipinski definition) is 20. The summed E-state index contributed by atoms with van der Waals surface area (Å²) >= 11 is 0. The number of methoxy groups -OCH3 is 2. The summed E-state index contributed by atoms with van der Waals surface area (Å²) in [6.45, 7) is 21.3. The Morgan fingerprint density at radius 3 is 1.70 bits per heavy atom. The molecule has 4 saturated carbocycles. The van der Waals surface area contributed by atoms with Gasteiger partial charge >= 0.3 is 47.8 Å². The number of ether oxygens (including phenoxy) is 12. The molecule has 0 N–H and O–H groups in total. The fourth-order valence-electron chi connectivity index (χ4n) is 16.1. The number of fused-ring (bicyclic) bond motifs is 7. The van der Waals surface area contributed by atoms with E-state index in [0.717, 1.165) is 46.1 Å². The van der Waals surface area contributed by atoms with Crippen LogP contribution in [0.15, 0.2) is 11.6 Å². The number of carbonyl (C=O) groups is 8. The Kier molecular flexibility index (Phi) is 17.3. The molecule has 2 saturated heterocycles. The van der Waals surface area contributed by atoms with Gasteiger partial charge in [-0.1, -0.05) is 53.2 Å². The van der Waals surface area contributed by atoms with Gasteiger partial charge < -0.3 is 56.8 Å². The number of carbonyl (C=O) groups excluding carboxylic acids is 8. The summed E-state index contributed by atoms with van der Waals surface area (Å²) in [5.41, 5.74) is -2.07. The second-order valence-corrected chi connectivity index (χ2v) is 23.9. The van der Waals surface area contributed by atoms with Crippen molar-refractivity contribution >= 4 is 47.8 Å². The first-order valence-electron chi connectivity index (χ1n) is 27.0. The quantitative estimate of drug-likeness (QED) is 0.0834. The van der Waals surface area contributed by atoms with E-state index in [0.29, 0.717) is 50.9 Å². The molecule has 0 amide bonds. The van der Waals surface area contributed by atoms with Crippen molar-refractivity contribution in [3.05, 3.63) is 11.6 Å². The molecule has 0 radical (unpaired) electrons. The molecule has 20 heteroatoms. The second kappa shape index (κ2) is 22.2. The van der Waals surface area contributed by atoms with E-state index in [4.69, 9.17) is 56.8 Å². The molecule has 20 atom stereocenters. The van der Waals surface area contributed by atoms with Crippen LogP contribution < -0.4 is 0 Å². The van der Waals surface area contributed by atoms with Crippen LogP contribution >= 0.6 is 0 Å². The smallest absolute Gasteiger partial charge is 0.316 e. The number of hydrogen-bond donors (Lipinski definition) is 0. The summed E-state index contributed by atoms with van der Waals surface area (Å²) in [4.78, 5) is 105. The predicted molar refractivity (Wildman–Crippen MR) is 264 cm³/mol. The maximum atomic E-state index is 14.9. The van der Waals surface area contributed by atoms with E-state index in [1.807, 2.05) is 0 Å². The minimum atomic E-state index is -1.75. The Labute approximate surface area is 446 Å². The minimum absolute atomic E-state index is 0.0346. The molecule has 0 aromatic heterocycles. The van der Waals surface area contributed by atoms with Gasteiger partial charge in [0.1, 0.15) is 18.8 Å². The zero-order valence-electron chi connectivity index (χ0n) is 47.1. The monoisotopic (exact) mass is 1070 g/mol. The molecule has 7 aliphatic rings. The van der Waals surface area contributed by atoms with Crippen molar-refractivity contribution in [2.45, 2.75) is 215 Å². The lowest BCUT2D eigenvalue weighted by atomic mass is 9.33. The molecule has 76 heavy (non-hydrogen) atoms. The van der Waals surface area contributed by atoms with Crippen molar-refractivity contribution < 1.29 is 95.2 Å². The Bertz CT molecular complexity index is 2290. The van der Waals surface area contributed by atoms with Crippen LogP contribution in [0.4, 0.5) is 0 Å². The fourth-order valence-corrected chi connectivity index (χ4v) is 16.1. The Balaban J connectivity index is 1.23. The van der Waals surface area contributed by atoms with E-state index in [1.165, 1.54) is 28.1 Å². The average Bonchev–Trinajstić information content (AvgIpc) is 3.36. The Hall–Kier alpha value is -4.66. The topological polar surface area (TPSA) is 247 Å². The SMILES string of the molecule is COC(=O)C12CCC(C)C(C)C1C1=CCC3C4(C)CCC(OC5OC(C)C(OC(C)=O)C(OC6OC(COC(C)=O)C(OC(C)=O)C(OC(C)=O)C6OC(C)=O)C5OC(C)=O)C(C)(C)C4CCC3(C)C1(C(=O)OC)CC2. The molecule has 20 nitrogen and oxygen atoms in total. The third-order valence-corrected chi connectivity index (χ3v) is 19.4. The van der Waals surface area contributed by atoms with Crippen molar-refractivity contribution in [3.8, 4) is 0 Å². The minimum Gasteiger partial charge on any atom is -0.469 e. The summed E-state index contributed by atoms with van der Waals surface area (Å²) in [7, 11) is 2.94. The summed E-state index contributed by atoms with van der Waals surface area (Å²) in [6, 6.07) is 0. The highest BCUT2D eigenvalue weighted by molar-refractivity contribution is 5.86. The summed E-state index contributed by atoms with van der Waals surface area (Å²) in [6.07, 6.45) is -6.79. The molecule has 0 bridgehead atoms. The van der Waals surface area contributed by atoms with Crippen molar-refractivity contribution in [3.63, 3.8) is 0 Å². The van der Waals surface area contributed by atoms with Crippen LogP contribution in [-0.4, -0.2) is 136 Å². The van der Waals surface area contributed by atoms with Gasteiger partial charge in [0.05, 0.1) is 37.3 Å². The van der Waals surface area contributed by atoms with E-state index < -0.39 is 132 Å². The van der Waals surface area contributed by atoms with Gasteiger partial charge in [0, 0.05) is 41.5 Å². The zero-order valence-corrected chi connectivity index (χ0v) is 47.1. The van der Waals surface area contributed by atoms with Crippen LogP contribution in [0.25, 0.3) is 0 Å². The number of esters is 8. The highest BCUT2D eigenvalue weighted by Gasteiger charge is 2.74. The summed E-state index contributed by atoms with van der Waals surface area (Å²) in [5.74, 6) is -4.89. The van der Waals surface area contributed by atoms with Crippen LogP contribution in [0.2, 0.25) is 0 Å². The molecule has 0 aromatic rings. The normalized spacial score (nSPS) is 42.3. The van der Waals surface area contributed by atoms with Crippen LogP contribution in [0.5, 0.6) is 0 Å². The molecule has 2 aliphatic heterocycles. The van der Waals surface area contributed by atoms with E-state index in [-0.39, 0.29) is 41.0 Å². The van der Waals surface area contributed by atoms with Gasteiger partial charge in [-0.2, -0.15) is 0 Å². The largest absolute Gasteiger partial charge is 0.469 e. The lowest BCUT2D eigenvalue weighted by Gasteiger charge is -2.71. The predicted octanol–water partition coefficient (Wildman–Crippen LogP) is 6.43. The van der Waals surface area contributed by atoms with Gasteiger partial charge in [0.25, 0.3) is 0 Å². The molecule has 0 spiro atoms. The van der Waals surface area contributed by atoms with Crippen molar-refractivity contribution in [2.24, 2.45) is 56.7 Å². The molecule has 0 aromatic carbocycles. The van der Waals surface area contributed by atoms with Crippen molar-refractivity contribution in [1.82, 2.24) is 0 Å². The molecule has 5 aliphatic carbocycles. The van der Waals surface area contributed by atoms with Crippen molar-refractivity contribution in [2.75, 3.05) is 20.8 Å². The Morgan fingerprint density at radius 1 is 0.566 bits per heavy atom. The van der Waals surface area contributed by atoms with Gasteiger partial charge in [0.2, 0.25) is 0 Å². The van der Waals surface area contributed by atoms with Crippen LogP contribution in [0.1, 0.15) is 148 Å². The van der Waals surface area contributed by atoms with Crippen molar-refractivity contribution in [1.29, 1.82) is 0 Å². The maximum absolute atomic E-state index is 14.9. The highest BCUT2D eigenvalue weighted by atomic mass is 16.8. The molecular weight excluding hydrogens is 993 g/mol. The third kappa shape index (κ3) is 10.3. The Morgan fingerprint density at radius 2 is 1.12 bits per heavy atom. The van der Waals surface area contributed by atoms with Gasteiger partial charge in [-0.3, -0.25) is 38.4 Å². The standard InChI is InChI=1S/C56H82O20/c1-27-18-23-55(50(63)65-14)24-25-56(51(64)66-15)36(41(55)28(27)2)16-17-39-53(12)21-20-40(52(10,11)38(53)19-22-54(39,56)13)75-48-46(72-34(8)61)44(42(29(3)68-48)69-31(5)58)76-49-47(73-35(9)62)45(71-33(7)60)43(70-32(6)59)37(74-49)26-67-30(4)57/h16,27-29,37-49H,17-26H2,1-15H3. The van der Waals surface area contributed by atoms with E-state index in [9.17, 15) is 38.4 Å². The fraction of sp³-hybridized carbons (Fsp3) is 0.821. The average molecular weight is 1080 g/mol. The first-order chi connectivity index (χ1) is 35.5. The first kappa shape index (κ1) is 59.0. The third-order valence-electron chi connectivity index (χ3n) is 19.4. The van der Waals surface area contributed by atoms with E-state index >= 15 is 0 Å². The molecule has 2 heterocycles. The molecule has 20 unspecified atom stereocenters. The van der Waals surface area contributed by atoms with E-state index in [1.54, 1.807) is 6.92 Å². The number of rotatable bonds is 13. The first-order valence-corrected chi connectivity index (χ1v) is 27.0. The molecule has 426 valence electrons. The van der Waals surface area contributed by atoms with Gasteiger partial charge in [-0.05, 0) is 111 Å². The maximum Gasteiger partial charge on any atom is 0.316 e. The van der Waals surface area contributed by atoms with Gasteiger partial charge in [0.15, 0.2) is 43.1 Å². The second-order valence-electron chi connectivity index (χ2n) is 23.9. The number of allylic oxidation sites excluding steroid dienone is 1.